The van der Waals surface area contributed by atoms with Gasteiger partial charge in [-0.15, -0.1) is 0 Å². The van der Waals surface area contributed by atoms with Crippen LogP contribution in [0.4, 0.5) is 14.5 Å². The Hall–Kier alpha value is -2.96. The average molecular weight is 331 g/mol. The summed E-state index contributed by atoms with van der Waals surface area (Å²) in [5.41, 5.74) is 1.71. The van der Waals surface area contributed by atoms with Crippen molar-refractivity contribution < 1.29 is 18.3 Å². The second-order valence-electron chi connectivity index (χ2n) is 5.41. The third-order valence-corrected chi connectivity index (χ3v) is 3.78. The Bertz CT molecular complexity index is 811. The lowest BCUT2D eigenvalue weighted by molar-refractivity contribution is -0.130. The number of para-hydroxylation sites is 1. The van der Waals surface area contributed by atoms with Gasteiger partial charge in [-0.25, -0.2) is 13.8 Å². The van der Waals surface area contributed by atoms with E-state index < -0.39 is 23.1 Å². The van der Waals surface area contributed by atoms with E-state index in [1.807, 2.05) is 6.07 Å². The molecule has 5 nitrogen and oxygen atoms in total. The highest BCUT2D eigenvalue weighted by atomic mass is 19.1. The summed E-state index contributed by atoms with van der Waals surface area (Å²) in [7, 11) is 1.35. The van der Waals surface area contributed by atoms with Gasteiger partial charge >= 0.3 is 6.02 Å². The normalized spacial score (nSPS) is 20.1. The lowest BCUT2D eigenvalue weighted by atomic mass is 9.92. The molecule has 1 aliphatic heterocycles. The van der Waals surface area contributed by atoms with Crippen LogP contribution in [-0.2, 0) is 15.1 Å². The molecule has 3 rings (SSSR count). The molecule has 1 amide bonds. The summed E-state index contributed by atoms with van der Waals surface area (Å²) in [5.74, 6) is -1.94. The molecule has 24 heavy (non-hydrogen) atoms. The van der Waals surface area contributed by atoms with E-state index in [0.29, 0.717) is 5.69 Å². The first-order valence-electron chi connectivity index (χ1n) is 7.21. The zero-order chi connectivity index (χ0) is 17.3. The number of hydrogen-bond acceptors (Lipinski definition) is 4. The average Bonchev–Trinajstić information content (AvgIpc) is 2.83. The summed E-state index contributed by atoms with van der Waals surface area (Å²) in [6, 6.07) is 11.8. The third-order valence-electron chi connectivity index (χ3n) is 3.78. The van der Waals surface area contributed by atoms with Crippen LogP contribution < -0.4 is 5.43 Å². The van der Waals surface area contributed by atoms with E-state index in [0.717, 1.165) is 23.2 Å². The van der Waals surface area contributed by atoms with Crippen LogP contribution in [0.3, 0.4) is 0 Å². The zero-order valence-electron chi connectivity index (χ0n) is 13.1. The molecule has 7 heteroatoms. The van der Waals surface area contributed by atoms with Crippen LogP contribution in [0.1, 0.15) is 12.5 Å². The molecule has 0 saturated carbocycles. The summed E-state index contributed by atoms with van der Waals surface area (Å²) in [4.78, 5) is 17.0. The first-order chi connectivity index (χ1) is 11.5. The molecule has 1 N–H and O–H groups in total. The van der Waals surface area contributed by atoms with E-state index >= 15 is 0 Å². The van der Waals surface area contributed by atoms with Gasteiger partial charge in [-0.3, -0.25) is 10.2 Å². The number of nitrogens with one attached hydrogen (secondary N) is 1. The van der Waals surface area contributed by atoms with Gasteiger partial charge in [0.25, 0.3) is 5.91 Å². The largest absolute Gasteiger partial charge is 0.467 e. The van der Waals surface area contributed by atoms with E-state index in [2.05, 4.69) is 10.4 Å². The second-order valence-corrected chi connectivity index (χ2v) is 5.41. The molecule has 1 atom stereocenters. The van der Waals surface area contributed by atoms with Gasteiger partial charge in [0.15, 0.2) is 5.54 Å². The predicted octanol–water partition coefficient (Wildman–Crippen LogP) is 3.05. The van der Waals surface area contributed by atoms with Crippen LogP contribution in [-0.4, -0.2) is 24.0 Å². The quantitative estimate of drug-likeness (QED) is 0.940. The monoisotopic (exact) mass is 331 g/mol. The standard InChI is InChI=1S/C17H15F2N3O2/c1-17(13-10-11(18)8-9-14(13)19)15(23)22(16(20-17)24-2)21-12-6-4-3-5-7-12/h3-10,21H,1-2H3. The van der Waals surface area contributed by atoms with Gasteiger partial charge in [0.1, 0.15) is 11.6 Å². The summed E-state index contributed by atoms with van der Waals surface area (Å²) < 4.78 is 32.8. The van der Waals surface area contributed by atoms with E-state index in [1.54, 1.807) is 24.3 Å². The minimum Gasteiger partial charge on any atom is -0.467 e. The van der Waals surface area contributed by atoms with E-state index in [1.165, 1.54) is 14.0 Å². The van der Waals surface area contributed by atoms with Crippen molar-refractivity contribution in [1.82, 2.24) is 5.01 Å². The van der Waals surface area contributed by atoms with Crippen LogP contribution in [0, 0.1) is 11.6 Å². The number of aliphatic imine (C=N–C) groups is 1. The van der Waals surface area contributed by atoms with Gasteiger partial charge in [-0.1, -0.05) is 18.2 Å². The summed E-state index contributed by atoms with van der Waals surface area (Å²) in [6.07, 6.45) is 0. The summed E-state index contributed by atoms with van der Waals surface area (Å²) in [6.45, 7) is 1.42. The molecule has 0 aromatic heterocycles. The van der Waals surface area contributed by atoms with Crippen molar-refractivity contribution in [2.45, 2.75) is 12.5 Å². The maximum absolute atomic E-state index is 14.2. The van der Waals surface area contributed by atoms with Gasteiger partial charge < -0.3 is 4.74 Å². The van der Waals surface area contributed by atoms with Crippen molar-refractivity contribution in [1.29, 1.82) is 0 Å². The number of amides is 1. The van der Waals surface area contributed by atoms with Crippen LogP contribution >= 0.6 is 0 Å². The highest BCUT2D eigenvalue weighted by Gasteiger charge is 2.49. The Kier molecular flexibility index (Phi) is 3.92. The molecular formula is C17H15F2N3O2. The van der Waals surface area contributed by atoms with Crippen molar-refractivity contribution in [2.24, 2.45) is 4.99 Å². The number of nitrogens with zero attached hydrogens (tertiary/aromatic N) is 2. The van der Waals surface area contributed by atoms with Gasteiger partial charge in [0.05, 0.1) is 12.8 Å². The van der Waals surface area contributed by atoms with E-state index in [-0.39, 0.29) is 11.6 Å². The van der Waals surface area contributed by atoms with E-state index in [4.69, 9.17) is 4.74 Å². The fourth-order valence-electron chi connectivity index (χ4n) is 2.52. The number of carbonyl (C=O) groups is 1. The molecule has 0 radical (unpaired) electrons. The molecular weight excluding hydrogens is 316 g/mol. The Labute approximate surface area is 137 Å². The Morgan fingerprint density at radius 2 is 1.88 bits per heavy atom. The van der Waals surface area contributed by atoms with Crippen molar-refractivity contribution in [3.05, 3.63) is 65.7 Å². The smallest absolute Gasteiger partial charge is 0.315 e. The van der Waals surface area contributed by atoms with Crippen LogP contribution in [0.2, 0.25) is 0 Å². The highest BCUT2D eigenvalue weighted by Crippen LogP contribution is 2.35. The van der Waals surface area contributed by atoms with Crippen LogP contribution in [0.25, 0.3) is 0 Å². The van der Waals surface area contributed by atoms with Crippen LogP contribution in [0.15, 0.2) is 53.5 Å². The second kappa shape index (κ2) is 5.92. The SMILES string of the molecule is COC1=NC(C)(c2cc(F)ccc2F)C(=O)N1Nc1ccccc1. The minimum atomic E-state index is -1.63. The molecule has 2 aromatic rings. The molecule has 0 bridgehead atoms. The topological polar surface area (TPSA) is 53.9 Å². The number of hydrogen-bond donors (Lipinski definition) is 1. The molecule has 0 aliphatic carbocycles. The maximum atomic E-state index is 14.2. The molecule has 1 heterocycles. The minimum absolute atomic E-state index is 0.0324. The van der Waals surface area contributed by atoms with Crippen LogP contribution in [0.5, 0.6) is 0 Å². The predicted molar refractivity (Wildman–Crippen MR) is 85.1 cm³/mol. The highest BCUT2D eigenvalue weighted by molar-refractivity contribution is 6.06. The number of ether oxygens (including phenoxy) is 1. The van der Waals surface area contributed by atoms with Crippen molar-refractivity contribution in [3.8, 4) is 0 Å². The maximum Gasteiger partial charge on any atom is 0.315 e. The molecule has 124 valence electrons. The van der Waals surface area contributed by atoms with E-state index in [9.17, 15) is 13.6 Å². The number of rotatable bonds is 3. The fraction of sp³-hybridized carbons (Fsp3) is 0.176. The summed E-state index contributed by atoms with van der Waals surface area (Å²) >= 11 is 0. The Morgan fingerprint density at radius 1 is 1.17 bits per heavy atom. The summed E-state index contributed by atoms with van der Waals surface area (Å²) in [5, 5.41) is 1.08. The first kappa shape index (κ1) is 15.9. The number of halogens is 2. The Morgan fingerprint density at radius 3 is 2.54 bits per heavy atom. The molecule has 0 spiro atoms. The lowest BCUT2D eigenvalue weighted by Gasteiger charge is -2.23. The van der Waals surface area contributed by atoms with Crippen molar-refractivity contribution in [3.63, 3.8) is 0 Å². The van der Waals surface area contributed by atoms with Gasteiger partial charge in [0, 0.05) is 5.56 Å². The molecule has 1 aliphatic rings. The first-order valence-corrected chi connectivity index (χ1v) is 7.21. The molecule has 2 aromatic carbocycles. The number of methoxy groups -OCH3 is 1. The Balaban J connectivity index is 2.00. The van der Waals surface area contributed by atoms with Crippen molar-refractivity contribution in [2.75, 3.05) is 12.5 Å². The number of anilines is 1. The van der Waals surface area contributed by atoms with Crippen molar-refractivity contribution >= 4 is 17.6 Å². The number of carbonyl (C=O) groups excluding carboxylic acids is 1. The van der Waals surface area contributed by atoms with Gasteiger partial charge in [0.2, 0.25) is 0 Å². The molecule has 0 fully saturated rings. The fourth-order valence-corrected chi connectivity index (χ4v) is 2.52. The molecule has 0 saturated heterocycles. The zero-order valence-corrected chi connectivity index (χ0v) is 13.1. The number of benzene rings is 2. The van der Waals surface area contributed by atoms with Gasteiger partial charge in [-0.05, 0) is 37.3 Å². The molecule has 1 unspecified atom stereocenters. The number of amidine groups is 1. The van der Waals surface area contributed by atoms with Gasteiger partial charge in [-0.2, -0.15) is 5.01 Å². The number of hydrazine groups is 1. The lowest BCUT2D eigenvalue weighted by Crippen LogP contribution is -2.43. The third kappa shape index (κ3) is 2.58.